The average molecular weight is 706 g/mol. The van der Waals surface area contributed by atoms with Crippen LogP contribution in [0.5, 0.6) is 5.75 Å². The molecular weight excluding hydrogens is 677 g/mol. The summed E-state index contributed by atoms with van der Waals surface area (Å²) in [7, 11) is -2.22. The summed E-state index contributed by atoms with van der Waals surface area (Å²) in [6.45, 7) is -0.0504. The number of carbonyl (C=O) groups excluding carboxylic acids is 1. The predicted octanol–water partition coefficient (Wildman–Crippen LogP) is 6.51. The van der Waals surface area contributed by atoms with Gasteiger partial charge in [0.25, 0.3) is 5.91 Å². The van der Waals surface area contributed by atoms with Crippen LogP contribution in [0.4, 0.5) is 14.5 Å². The summed E-state index contributed by atoms with van der Waals surface area (Å²) in [6, 6.07) is 18.0. The van der Waals surface area contributed by atoms with Gasteiger partial charge in [0.05, 0.1) is 35.4 Å². The van der Waals surface area contributed by atoms with Gasteiger partial charge in [0.2, 0.25) is 15.9 Å². The number of rotatable bonds is 9. The molecule has 1 amide bonds. The molecule has 6 aromatic rings. The van der Waals surface area contributed by atoms with Crippen LogP contribution in [0.15, 0.2) is 81.6 Å². The number of anilines is 1. The number of ether oxygens (including phenoxy) is 1. The Labute approximate surface area is 282 Å². The number of benzene rings is 4. The Hall–Kier alpha value is -5.08. The minimum Gasteiger partial charge on any atom is -0.496 e. The summed E-state index contributed by atoms with van der Waals surface area (Å²) in [4.78, 5) is 17.8. The fraction of sp³-hybridized carbons (Fsp3) is 0.200. The van der Waals surface area contributed by atoms with Crippen molar-refractivity contribution in [2.24, 2.45) is 0 Å². The highest BCUT2D eigenvalue weighted by molar-refractivity contribution is 7.92. The normalized spacial score (nSPS) is 16.1. The molecule has 2 atom stereocenters. The van der Waals surface area contributed by atoms with Crippen molar-refractivity contribution in [3.05, 3.63) is 90.0 Å². The molecule has 7 rings (SSSR count). The molecule has 49 heavy (non-hydrogen) atoms. The first kappa shape index (κ1) is 32.5. The van der Waals surface area contributed by atoms with Crippen LogP contribution in [0.3, 0.4) is 0 Å². The molecule has 1 aliphatic rings. The summed E-state index contributed by atoms with van der Waals surface area (Å²) in [5, 5.41) is 2.61. The number of nitrogens with zero attached hydrogens (tertiary/aromatic N) is 2. The highest BCUT2D eigenvalue weighted by atomic mass is 32.2. The zero-order chi connectivity index (χ0) is 34.6. The second-order valence-electron chi connectivity index (χ2n) is 11.6. The Balaban J connectivity index is 1.51. The van der Waals surface area contributed by atoms with Gasteiger partial charge < -0.3 is 18.9 Å². The second kappa shape index (κ2) is 12.4. The van der Waals surface area contributed by atoms with Gasteiger partial charge in [-0.3, -0.25) is 13.3 Å². The second-order valence-corrected chi connectivity index (χ2v) is 15.3. The molecule has 0 aliphatic carbocycles. The van der Waals surface area contributed by atoms with E-state index in [4.69, 9.17) is 13.6 Å². The number of furan rings is 1. The van der Waals surface area contributed by atoms with Gasteiger partial charge in [-0.15, -0.1) is 0 Å². The van der Waals surface area contributed by atoms with Gasteiger partial charge in [-0.1, -0.05) is 12.1 Å². The molecule has 2 unspecified atom stereocenters. The summed E-state index contributed by atoms with van der Waals surface area (Å²) in [5.74, 6) is -0.449. The van der Waals surface area contributed by atoms with E-state index in [1.807, 2.05) is 0 Å². The molecule has 1 saturated heterocycles. The lowest BCUT2D eigenvalue weighted by Crippen LogP contribution is -2.44. The number of oxazole rings is 1. The third-order valence-corrected chi connectivity index (χ3v) is 11.4. The lowest BCUT2D eigenvalue weighted by atomic mass is 9.96. The summed E-state index contributed by atoms with van der Waals surface area (Å²) < 4.78 is 86.8. The predicted molar refractivity (Wildman–Crippen MR) is 184 cm³/mol. The van der Waals surface area contributed by atoms with Crippen LogP contribution < -0.4 is 14.4 Å². The van der Waals surface area contributed by atoms with Gasteiger partial charge in [-0.2, -0.15) is 0 Å². The van der Waals surface area contributed by atoms with E-state index in [9.17, 15) is 26.2 Å². The number of nitrogens with one attached hydrogen (secondary N) is 1. The van der Waals surface area contributed by atoms with Gasteiger partial charge >= 0.3 is 0 Å². The third-order valence-electron chi connectivity index (χ3n) is 8.53. The van der Waals surface area contributed by atoms with E-state index in [0.29, 0.717) is 45.6 Å². The molecule has 3 heterocycles. The van der Waals surface area contributed by atoms with E-state index in [1.165, 1.54) is 60.9 Å². The van der Waals surface area contributed by atoms with E-state index in [-0.39, 0.29) is 51.4 Å². The lowest BCUT2D eigenvalue weighted by molar-refractivity contribution is 0.0964. The van der Waals surface area contributed by atoms with Gasteiger partial charge in [-0.05, 0) is 66.6 Å². The first-order valence-electron chi connectivity index (χ1n) is 15.1. The Morgan fingerprint density at radius 2 is 1.78 bits per heavy atom. The third kappa shape index (κ3) is 5.84. The Morgan fingerprint density at radius 3 is 2.41 bits per heavy atom. The molecule has 0 spiro atoms. The molecular formula is C35H29F2N3O7S2. The maximum atomic E-state index is 14.6. The van der Waals surface area contributed by atoms with Crippen LogP contribution in [0.25, 0.3) is 56.0 Å². The number of aromatic nitrogens is 1. The number of fused-ring (bicyclic) bond motifs is 2. The molecule has 1 N–H and O–H groups in total. The van der Waals surface area contributed by atoms with Crippen molar-refractivity contribution in [1.29, 1.82) is 0 Å². The number of carbonyl (C=O) groups is 1. The number of amides is 1. The minimum absolute atomic E-state index is 0.0331. The van der Waals surface area contributed by atoms with E-state index in [0.717, 1.165) is 6.26 Å². The zero-order valence-electron chi connectivity index (χ0n) is 26.5. The first-order chi connectivity index (χ1) is 23.5. The van der Waals surface area contributed by atoms with Crippen molar-refractivity contribution >= 4 is 54.5 Å². The van der Waals surface area contributed by atoms with Crippen LogP contribution in [0, 0.1) is 11.6 Å². The monoisotopic (exact) mass is 705 g/mol. The smallest absolute Gasteiger partial charge is 0.255 e. The van der Waals surface area contributed by atoms with E-state index >= 15 is 0 Å². The zero-order valence-corrected chi connectivity index (χ0v) is 28.1. The molecule has 0 radical (unpaired) electrons. The standard InChI is InChI=1S/C35H29F2N3O7S2/c1-38-34(41)31-24-16-23(20-9-12-28(45-2)25(15-20)35-39-32-26(37)5-4-6-29(32)47-35)27(40(49(3,43)44)18-22-13-14-48(22)42)17-30(24)46-33(31)19-7-10-21(36)11-8-19/h4-12,15-17,22H,13-14,18H2,1-3H3,(H,38,41). The fourth-order valence-corrected chi connectivity index (χ4v) is 8.08. The van der Waals surface area contributed by atoms with Crippen LogP contribution in [-0.4, -0.2) is 61.5 Å². The molecule has 1 fully saturated rings. The quantitative estimate of drug-likeness (QED) is 0.180. The van der Waals surface area contributed by atoms with Crippen molar-refractivity contribution in [2.75, 3.05) is 37.0 Å². The minimum atomic E-state index is -3.95. The van der Waals surface area contributed by atoms with Crippen LogP contribution >= 0.6 is 0 Å². The maximum absolute atomic E-state index is 14.6. The fourth-order valence-electron chi connectivity index (χ4n) is 5.95. The highest BCUT2D eigenvalue weighted by Crippen LogP contribution is 2.44. The van der Waals surface area contributed by atoms with Crippen molar-refractivity contribution in [3.63, 3.8) is 0 Å². The Kier molecular flexibility index (Phi) is 8.23. The number of halogens is 2. The Bertz CT molecular complexity index is 2410. The SMILES string of the molecule is CNC(=O)c1c(-c2ccc(F)cc2)oc2cc(N(CC3CCS3=O)S(C)(=O)=O)c(-c3ccc(OC)c(-c4nc5c(F)cccc5o4)c3)cc12. The number of methoxy groups -OCH3 is 1. The van der Waals surface area contributed by atoms with Gasteiger partial charge in [-0.25, -0.2) is 22.2 Å². The topological polar surface area (TPSA) is 132 Å². The van der Waals surface area contributed by atoms with Crippen molar-refractivity contribution < 1.29 is 39.8 Å². The van der Waals surface area contributed by atoms with E-state index in [2.05, 4.69) is 10.3 Å². The van der Waals surface area contributed by atoms with Crippen LogP contribution in [0.2, 0.25) is 0 Å². The lowest BCUT2D eigenvalue weighted by Gasteiger charge is -2.32. The molecule has 1 aliphatic heterocycles. The van der Waals surface area contributed by atoms with Crippen molar-refractivity contribution in [2.45, 2.75) is 11.7 Å². The summed E-state index contributed by atoms with van der Waals surface area (Å²) >= 11 is 0. The average Bonchev–Trinajstić information content (AvgIpc) is 3.69. The van der Waals surface area contributed by atoms with Gasteiger partial charge in [0.1, 0.15) is 28.4 Å². The van der Waals surface area contributed by atoms with E-state index in [1.54, 1.807) is 30.3 Å². The van der Waals surface area contributed by atoms with Crippen LogP contribution in [-0.2, 0) is 20.8 Å². The number of hydrogen-bond acceptors (Lipinski definition) is 8. The highest BCUT2D eigenvalue weighted by Gasteiger charge is 2.34. The van der Waals surface area contributed by atoms with Crippen molar-refractivity contribution in [3.8, 4) is 39.7 Å². The van der Waals surface area contributed by atoms with Gasteiger partial charge in [0.15, 0.2) is 11.4 Å². The van der Waals surface area contributed by atoms with Gasteiger partial charge in [0, 0.05) is 52.7 Å². The van der Waals surface area contributed by atoms with Crippen LogP contribution in [0.1, 0.15) is 16.8 Å². The molecule has 0 bridgehead atoms. The number of sulfonamides is 1. The summed E-state index contributed by atoms with van der Waals surface area (Å²) in [5.41, 5.74) is 2.47. The molecule has 252 valence electrons. The van der Waals surface area contributed by atoms with E-state index < -0.39 is 38.4 Å². The molecule has 14 heteroatoms. The Morgan fingerprint density at radius 1 is 1.02 bits per heavy atom. The number of hydrogen-bond donors (Lipinski definition) is 1. The first-order valence-corrected chi connectivity index (χ1v) is 18.4. The molecule has 4 aromatic carbocycles. The summed E-state index contributed by atoms with van der Waals surface area (Å²) in [6.07, 6.45) is 1.66. The molecule has 0 saturated carbocycles. The number of para-hydroxylation sites is 1. The maximum Gasteiger partial charge on any atom is 0.255 e. The van der Waals surface area contributed by atoms with Crippen molar-refractivity contribution in [1.82, 2.24) is 10.3 Å². The molecule has 2 aromatic heterocycles. The largest absolute Gasteiger partial charge is 0.496 e. The molecule has 10 nitrogen and oxygen atoms in total.